The van der Waals surface area contributed by atoms with Gasteiger partial charge in [-0.25, -0.2) is 0 Å². The van der Waals surface area contributed by atoms with Crippen LogP contribution in [0.4, 0.5) is 0 Å². The summed E-state index contributed by atoms with van der Waals surface area (Å²) in [5.74, 6) is 1.15. The fourth-order valence-corrected chi connectivity index (χ4v) is 2.44. The van der Waals surface area contributed by atoms with Gasteiger partial charge in [0.2, 0.25) is 12.2 Å². The summed E-state index contributed by atoms with van der Waals surface area (Å²) in [6, 6.07) is 0. The average molecular weight is 300 g/mol. The number of hydrogen-bond donors (Lipinski definition) is 2. The number of hydrogen-bond acceptors (Lipinski definition) is 3. The van der Waals surface area contributed by atoms with Crippen LogP contribution in [0.1, 0.15) is 33.6 Å². The molecule has 0 aromatic rings. The molecule has 1 aliphatic rings. The minimum absolute atomic E-state index is 0.0841. The molecule has 2 N–H and O–H groups in total. The van der Waals surface area contributed by atoms with E-state index in [4.69, 9.17) is 0 Å². The Labute approximate surface area is 125 Å². The van der Waals surface area contributed by atoms with E-state index in [1.54, 1.807) is 13.8 Å². The van der Waals surface area contributed by atoms with Crippen molar-refractivity contribution in [2.24, 2.45) is 0 Å². The first-order valence-corrected chi connectivity index (χ1v) is 7.93. The molecule has 0 radical (unpaired) electrons. The average Bonchev–Trinajstić information content (AvgIpc) is 3.05. The molecule has 1 amide bonds. The van der Waals surface area contributed by atoms with Gasteiger partial charge in [-0.05, 0) is 27.2 Å². The maximum Gasteiger partial charge on any atom is 0.231 e. The van der Waals surface area contributed by atoms with Crippen LogP contribution in [0, 0.1) is 0 Å². The summed E-state index contributed by atoms with van der Waals surface area (Å²) in [6.07, 6.45) is 3.90. The van der Waals surface area contributed by atoms with E-state index in [1.807, 2.05) is 18.1 Å². The highest BCUT2D eigenvalue weighted by Crippen LogP contribution is 2.43. The van der Waals surface area contributed by atoms with Gasteiger partial charge in [0, 0.05) is 12.2 Å². The van der Waals surface area contributed by atoms with Gasteiger partial charge in [-0.1, -0.05) is 0 Å². The lowest BCUT2D eigenvalue weighted by Crippen LogP contribution is -2.44. The lowest BCUT2D eigenvalue weighted by atomic mass is 10.1. The van der Waals surface area contributed by atoms with Gasteiger partial charge in [-0.15, -0.1) is 11.8 Å². The van der Waals surface area contributed by atoms with Crippen molar-refractivity contribution in [2.45, 2.75) is 43.9 Å². The zero-order valence-corrected chi connectivity index (χ0v) is 13.7. The number of aldehydes is 1. The minimum atomic E-state index is -0.770. The zero-order valence-electron chi connectivity index (χ0n) is 12.9. The molecule has 1 unspecified atom stereocenters. The summed E-state index contributed by atoms with van der Waals surface area (Å²) in [7, 11) is 2.05. The first-order chi connectivity index (χ1) is 9.26. The number of nitrogens with one attached hydrogen (secondary N) is 2. The quantitative estimate of drug-likeness (QED) is 0.164. The molecule has 0 bridgehead atoms. The predicted octanol–water partition coefficient (Wildman–Crippen LogP) is 0.626. The van der Waals surface area contributed by atoms with Crippen molar-refractivity contribution in [3.05, 3.63) is 0 Å². The number of nitrogens with zero attached hydrogens (tertiary/aromatic N) is 1. The Morgan fingerprint density at radius 3 is 2.70 bits per heavy atom. The van der Waals surface area contributed by atoms with E-state index in [0.29, 0.717) is 11.2 Å². The number of thioether (sulfide) groups is 1. The van der Waals surface area contributed by atoms with Crippen LogP contribution >= 0.6 is 11.8 Å². The molecule has 114 valence electrons. The topological polar surface area (TPSA) is 61.2 Å². The van der Waals surface area contributed by atoms with Gasteiger partial charge in [-0.2, -0.15) is 0 Å². The van der Waals surface area contributed by atoms with Crippen molar-refractivity contribution in [3.8, 4) is 0 Å². The van der Waals surface area contributed by atoms with E-state index in [-0.39, 0.29) is 5.91 Å². The Kier molecular flexibility index (Phi) is 6.05. The van der Waals surface area contributed by atoms with Crippen molar-refractivity contribution in [2.75, 3.05) is 25.9 Å². The molecule has 1 rings (SSSR count). The Hall–Kier alpha value is -1.04. The highest BCUT2D eigenvalue weighted by molar-refractivity contribution is 8.07. The van der Waals surface area contributed by atoms with Gasteiger partial charge in [-0.3, -0.25) is 14.7 Å². The zero-order chi connectivity index (χ0) is 15.2. The van der Waals surface area contributed by atoms with Crippen LogP contribution in [0.5, 0.6) is 0 Å². The summed E-state index contributed by atoms with van der Waals surface area (Å²) in [5, 5.41) is 5.90. The Morgan fingerprint density at radius 2 is 2.15 bits per heavy atom. The second-order valence-electron chi connectivity index (χ2n) is 6.23. The lowest BCUT2D eigenvalue weighted by molar-refractivity contribution is -0.496. The summed E-state index contributed by atoms with van der Waals surface area (Å²) in [4.78, 5) is 22.3. The Bertz CT molecular complexity index is 390. The number of carbonyl (C=O) groups excluding carboxylic acids is 2. The molecule has 0 saturated carbocycles. The number of carbonyl (C=O) groups is 2. The second-order valence-corrected chi connectivity index (χ2v) is 7.79. The third-order valence-corrected chi connectivity index (χ3v) is 4.42. The van der Waals surface area contributed by atoms with Gasteiger partial charge in [0.05, 0.1) is 30.4 Å². The molecule has 0 aromatic carbocycles. The fourth-order valence-electron chi connectivity index (χ4n) is 1.81. The first-order valence-electron chi connectivity index (χ1n) is 6.95. The van der Waals surface area contributed by atoms with Crippen LogP contribution in [-0.2, 0) is 9.59 Å². The molecule has 0 spiro atoms. The molecule has 0 aliphatic carbocycles. The van der Waals surface area contributed by atoms with Crippen LogP contribution in [0.3, 0.4) is 0 Å². The molecule has 0 aromatic heterocycles. The van der Waals surface area contributed by atoms with Crippen LogP contribution in [0.2, 0.25) is 0 Å². The molecular weight excluding hydrogens is 274 g/mol. The van der Waals surface area contributed by atoms with Crippen LogP contribution in [0.25, 0.3) is 0 Å². The molecule has 1 atom stereocenters. The highest BCUT2D eigenvalue weighted by atomic mass is 32.2. The monoisotopic (exact) mass is 300 g/mol. The van der Waals surface area contributed by atoms with Crippen LogP contribution < -0.4 is 10.6 Å². The molecule has 1 heterocycles. The summed E-state index contributed by atoms with van der Waals surface area (Å²) in [5.41, 5.74) is -0.770. The highest BCUT2D eigenvalue weighted by Gasteiger charge is 2.40. The smallest absolute Gasteiger partial charge is 0.231 e. The van der Waals surface area contributed by atoms with Gasteiger partial charge in [0.25, 0.3) is 0 Å². The van der Waals surface area contributed by atoms with Crippen molar-refractivity contribution in [3.63, 3.8) is 0 Å². The fraction of sp³-hybridized carbons (Fsp3) is 0.786. The normalized spacial score (nSPS) is 22.3. The number of amides is 1. The Morgan fingerprint density at radius 1 is 1.50 bits per heavy atom. The largest absolute Gasteiger partial charge is 0.344 e. The van der Waals surface area contributed by atoms with Crippen LogP contribution in [0.15, 0.2) is 0 Å². The van der Waals surface area contributed by atoms with Crippen LogP contribution in [-0.4, -0.2) is 59.3 Å². The molecule has 1 fully saturated rings. The third kappa shape index (κ3) is 6.93. The molecule has 1 saturated heterocycles. The SMILES string of the molecule is C[N+](=CNCCCC(=O)NC(C)(C)C=O)CC1(C)CS1. The second kappa shape index (κ2) is 7.11. The van der Waals surface area contributed by atoms with E-state index in [0.717, 1.165) is 25.8 Å². The van der Waals surface area contributed by atoms with Crippen molar-refractivity contribution >= 4 is 30.3 Å². The van der Waals surface area contributed by atoms with E-state index in [9.17, 15) is 9.59 Å². The van der Waals surface area contributed by atoms with Gasteiger partial charge in [0.1, 0.15) is 6.29 Å². The van der Waals surface area contributed by atoms with E-state index >= 15 is 0 Å². The summed E-state index contributed by atoms with van der Waals surface area (Å²) in [6.45, 7) is 7.44. The number of rotatable bonds is 9. The van der Waals surface area contributed by atoms with Gasteiger partial charge < -0.3 is 10.1 Å². The standard InChI is InChI=1S/C14H25N3O2S/c1-13(2,9-18)16-12(19)6-5-7-15-11-17(4)8-14(3)10-20-14/h9,11H,5-8,10H2,1-4H3,(H,16,19)/p+1. The van der Waals surface area contributed by atoms with Crippen molar-refractivity contribution in [1.82, 2.24) is 10.6 Å². The Balaban J connectivity index is 2.11. The molecular formula is C14H26N3O2S+. The van der Waals surface area contributed by atoms with Gasteiger partial charge >= 0.3 is 0 Å². The first kappa shape index (κ1) is 17.0. The van der Waals surface area contributed by atoms with E-state index in [1.165, 1.54) is 5.75 Å². The molecule has 1 aliphatic heterocycles. The summed E-state index contributed by atoms with van der Waals surface area (Å²) >= 11 is 1.98. The van der Waals surface area contributed by atoms with E-state index in [2.05, 4.69) is 29.2 Å². The summed E-state index contributed by atoms with van der Waals surface area (Å²) < 4.78 is 2.57. The molecule has 6 heteroatoms. The lowest BCUT2D eigenvalue weighted by Gasteiger charge is -2.18. The minimum Gasteiger partial charge on any atom is -0.344 e. The van der Waals surface area contributed by atoms with E-state index < -0.39 is 5.54 Å². The maximum absolute atomic E-state index is 11.6. The predicted molar refractivity (Wildman–Crippen MR) is 83.5 cm³/mol. The maximum atomic E-state index is 11.6. The molecule has 5 nitrogen and oxygen atoms in total. The molecule has 20 heavy (non-hydrogen) atoms. The third-order valence-electron chi connectivity index (χ3n) is 3.01. The van der Waals surface area contributed by atoms with Crippen molar-refractivity contribution < 1.29 is 14.2 Å². The van der Waals surface area contributed by atoms with Crippen molar-refractivity contribution in [1.29, 1.82) is 0 Å². The van der Waals surface area contributed by atoms with Gasteiger partial charge in [0.15, 0.2) is 0 Å².